The third-order valence-corrected chi connectivity index (χ3v) is 5.83. The summed E-state index contributed by atoms with van der Waals surface area (Å²) in [7, 11) is 3.24. The minimum Gasteiger partial charge on any atom is -0.453 e. The first-order chi connectivity index (χ1) is 13.1. The molecule has 0 spiro atoms. The van der Waals surface area contributed by atoms with Gasteiger partial charge in [-0.05, 0) is 31.2 Å². The van der Waals surface area contributed by atoms with Crippen molar-refractivity contribution >= 4 is 36.0 Å². The van der Waals surface area contributed by atoms with Crippen LogP contribution < -0.4 is 10.6 Å². The molecule has 0 bridgehead atoms. The SMILES string of the molecule is CCC(CC)(CNC(=NC)NC1CCN(C(=O)OC)CC1)c1ccccc1.I. The molecule has 1 amide bonds. The smallest absolute Gasteiger partial charge is 0.409 e. The molecule has 1 aliphatic heterocycles. The molecular weight excluding hydrogens is 467 g/mol. The molecule has 0 atom stereocenters. The van der Waals surface area contributed by atoms with E-state index in [1.54, 1.807) is 11.9 Å². The molecule has 1 heterocycles. The number of aliphatic imine (C=N–C) groups is 1. The highest BCUT2D eigenvalue weighted by Gasteiger charge is 2.29. The van der Waals surface area contributed by atoms with Crippen LogP contribution in [0.1, 0.15) is 45.1 Å². The van der Waals surface area contributed by atoms with Gasteiger partial charge in [0, 0.05) is 38.1 Å². The minimum atomic E-state index is -0.241. The molecule has 1 aliphatic rings. The summed E-state index contributed by atoms with van der Waals surface area (Å²) in [5.41, 5.74) is 1.46. The van der Waals surface area contributed by atoms with E-state index in [4.69, 9.17) is 4.74 Å². The lowest BCUT2D eigenvalue weighted by Crippen LogP contribution is -2.51. The molecule has 0 radical (unpaired) electrons. The lowest BCUT2D eigenvalue weighted by Gasteiger charge is -2.35. The number of benzene rings is 1. The maximum atomic E-state index is 11.6. The Balaban J connectivity index is 0.00000392. The second-order valence-electron chi connectivity index (χ2n) is 7.15. The van der Waals surface area contributed by atoms with Gasteiger partial charge in [-0.3, -0.25) is 4.99 Å². The Bertz CT molecular complexity index is 612. The Morgan fingerprint density at radius 1 is 1.21 bits per heavy atom. The monoisotopic (exact) mass is 502 g/mol. The molecule has 1 aromatic carbocycles. The molecule has 7 heteroatoms. The van der Waals surface area contributed by atoms with Gasteiger partial charge in [-0.1, -0.05) is 44.2 Å². The van der Waals surface area contributed by atoms with Gasteiger partial charge >= 0.3 is 6.09 Å². The number of nitrogens with one attached hydrogen (secondary N) is 2. The van der Waals surface area contributed by atoms with Crippen LogP contribution in [-0.2, 0) is 10.2 Å². The van der Waals surface area contributed by atoms with Crippen LogP contribution in [0.3, 0.4) is 0 Å². The summed E-state index contributed by atoms with van der Waals surface area (Å²) in [6.45, 7) is 6.75. The van der Waals surface area contributed by atoms with Gasteiger partial charge in [0.05, 0.1) is 7.11 Å². The average Bonchev–Trinajstić information content (AvgIpc) is 2.74. The van der Waals surface area contributed by atoms with E-state index in [-0.39, 0.29) is 35.5 Å². The van der Waals surface area contributed by atoms with E-state index >= 15 is 0 Å². The lowest BCUT2D eigenvalue weighted by molar-refractivity contribution is 0.111. The maximum Gasteiger partial charge on any atom is 0.409 e. The summed E-state index contributed by atoms with van der Waals surface area (Å²) < 4.78 is 4.80. The molecule has 0 saturated carbocycles. The van der Waals surface area contributed by atoms with Gasteiger partial charge in [0.1, 0.15) is 0 Å². The topological polar surface area (TPSA) is 66.0 Å². The van der Waals surface area contributed by atoms with Gasteiger partial charge < -0.3 is 20.3 Å². The Labute approximate surface area is 186 Å². The summed E-state index contributed by atoms with van der Waals surface area (Å²) in [5, 5.41) is 7.05. The molecule has 1 aromatic rings. The Hall–Kier alpha value is -1.51. The van der Waals surface area contributed by atoms with Crippen molar-refractivity contribution in [3.8, 4) is 0 Å². The highest BCUT2D eigenvalue weighted by atomic mass is 127. The summed E-state index contributed by atoms with van der Waals surface area (Å²) in [6.07, 6.45) is 3.67. The van der Waals surface area contributed by atoms with Gasteiger partial charge in [-0.15, -0.1) is 24.0 Å². The number of hydrogen-bond acceptors (Lipinski definition) is 3. The largest absolute Gasteiger partial charge is 0.453 e. The Morgan fingerprint density at radius 2 is 1.82 bits per heavy atom. The van der Waals surface area contributed by atoms with E-state index in [0.29, 0.717) is 19.1 Å². The van der Waals surface area contributed by atoms with Crippen molar-refractivity contribution in [3.63, 3.8) is 0 Å². The number of amides is 1. The van der Waals surface area contributed by atoms with Crippen LogP contribution in [0.25, 0.3) is 0 Å². The number of nitrogens with zero attached hydrogens (tertiary/aromatic N) is 2. The third kappa shape index (κ3) is 6.25. The van der Waals surface area contributed by atoms with Crippen LogP contribution in [-0.4, -0.2) is 56.8 Å². The zero-order valence-corrected chi connectivity index (χ0v) is 19.9. The van der Waals surface area contributed by atoms with Crippen molar-refractivity contribution in [1.29, 1.82) is 0 Å². The third-order valence-electron chi connectivity index (χ3n) is 5.83. The maximum absolute atomic E-state index is 11.6. The van der Waals surface area contributed by atoms with Crippen LogP contribution in [0, 0.1) is 0 Å². The van der Waals surface area contributed by atoms with Crippen molar-refractivity contribution in [2.75, 3.05) is 33.8 Å². The molecule has 2 rings (SSSR count). The van der Waals surface area contributed by atoms with Crippen LogP contribution in [0.15, 0.2) is 35.3 Å². The number of piperidine rings is 1. The second kappa shape index (κ2) is 12.1. The minimum absolute atomic E-state index is 0. The first-order valence-electron chi connectivity index (χ1n) is 9.94. The van der Waals surface area contributed by atoms with Gasteiger partial charge in [0.25, 0.3) is 0 Å². The first kappa shape index (κ1) is 24.5. The van der Waals surface area contributed by atoms with Crippen molar-refractivity contribution < 1.29 is 9.53 Å². The van der Waals surface area contributed by atoms with Gasteiger partial charge in [0.2, 0.25) is 0 Å². The number of likely N-dealkylation sites (tertiary alicyclic amines) is 1. The predicted octanol–water partition coefficient (Wildman–Crippen LogP) is 3.76. The van der Waals surface area contributed by atoms with E-state index in [2.05, 4.69) is 59.8 Å². The van der Waals surface area contributed by atoms with E-state index in [1.165, 1.54) is 12.7 Å². The fourth-order valence-electron chi connectivity index (χ4n) is 3.78. The van der Waals surface area contributed by atoms with Crippen molar-refractivity contribution in [2.24, 2.45) is 4.99 Å². The van der Waals surface area contributed by atoms with E-state index in [9.17, 15) is 4.79 Å². The number of ether oxygens (including phenoxy) is 1. The van der Waals surface area contributed by atoms with E-state index < -0.39 is 0 Å². The standard InChI is InChI=1S/C21H34N4O2.HI/c1-5-21(6-2,17-10-8-7-9-11-17)16-23-19(22-3)24-18-12-14-25(15-13-18)20(26)27-4;/h7-11,18H,5-6,12-16H2,1-4H3,(H2,22,23,24);1H. The van der Waals surface area contributed by atoms with Crippen LogP contribution in [0.4, 0.5) is 4.79 Å². The molecule has 0 aliphatic carbocycles. The second-order valence-corrected chi connectivity index (χ2v) is 7.15. The zero-order chi connectivity index (χ0) is 19.7. The summed E-state index contributed by atoms with van der Waals surface area (Å²) in [6, 6.07) is 11.0. The highest BCUT2D eigenvalue weighted by Crippen LogP contribution is 2.30. The first-order valence-corrected chi connectivity index (χ1v) is 9.94. The number of halogens is 1. The molecular formula is C21H35IN4O2. The van der Waals surface area contributed by atoms with Gasteiger partial charge in [-0.2, -0.15) is 0 Å². The van der Waals surface area contributed by atoms with Crippen molar-refractivity contribution in [3.05, 3.63) is 35.9 Å². The summed E-state index contributed by atoms with van der Waals surface area (Å²) in [5.74, 6) is 0.828. The molecule has 1 fully saturated rings. The van der Waals surface area contributed by atoms with Gasteiger partial charge in [-0.25, -0.2) is 4.79 Å². The molecule has 0 unspecified atom stereocenters. The molecule has 6 nitrogen and oxygen atoms in total. The zero-order valence-electron chi connectivity index (χ0n) is 17.5. The van der Waals surface area contributed by atoms with Crippen LogP contribution >= 0.6 is 24.0 Å². The molecule has 2 N–H and O–H groups in total. The lowest BCUT2D eigenvalue weighted by atomic mass is 9.76. The van der Waals surface area contributed by atoms with Crippen molar-refractivity contribution in [2.45, 2.75) is 51.0 Å². The number of carbonyl (C=O) groups excluding carboxylic acids is 1. The molecule has 0 aromatic heterocycles. The Morgan fingerprint density at radius 3 is 2.32 bits per heavy atom. The number of guanidine groups is 1. The van der Waals surface area contributed by atoms with Crippen LogP contribution in [0.5, 0.6) is 0 Å². The number of methoxy groups -OCH3 is 1. The molecule has 28 heavy (non-hydrogen) atoms. The quantitative estimate of drug-likeness (QED) is 0.353. The fraction of sp³-hybridized carbons (Fsp3) is 0.619. The number of hydrogen-bond donors (Lipinski definition) is 2. The van der Waals surface area contributed by atoms with E-state index in [0.717, 1.165) is 38.2 Å². The normalized spacial score (nSPS) is 15.6. The van der Waals surface area contributed by atoms with Crippen molar-refractivity contribution in [1.82, 2.24) is 15.5 Å². The van der Waals surface area contributed by atoms with Gasteiger partial charge in [0.15, 0.2) is 5.96 Å². The number of carbonyl (C=O) groups is 1. The predicted molar refractivity (Wildman–Crippen MR) is 126 cm³/mol. The average molecular weight is 502 g/mol. The number of rotatable bonds is 6. The highest BCUT2D eigenvalue weighted by molar-refractivity contribution is 14.0. The van der Waals surface area contributed by atoms with Crippen LogP contribution in [0.2, 0.25) is 0 Å². The molecule has 158 valence electrons. The summed E-state index contributed by atoms with van der Waals surface area (Å²) >= 11 is 0. The summed E-state index contributed by atoms with van der Waals surface area (Å²) in [4.78, 5) is 17.8. The molecule has 1 saturated heterocycles. The van der Waals surface area contributed by atoms with E-state index in [1.807, 2.05) is 0 Å². The Kier molecular flexibility index (Phi) is 10.6. The fourth-order valence-corrected chi connectivity index (χ4v) is 3.78.